The Bertz CT molecular complexity index is 597. The molecule has 0 bridgehead atoms. The molecule has 0 amide bonds. The van der Waals surface area contributed by atoms with Gasteiger partial charge < -0.3 is 15.7 Å². The van der Waals surface area contributed by atoms with Crippen molar-refractivity contribution in [2.75, 3.05) is 18.0 Å². The Morgan fingerprint density at radius 1 is 1.30 bits per heavy atom. The molecular formula is C16H21N3O. The fourth-order valence-electron chi connectivity index (χ4n) is 3.14. The lowest BCUT2D eigenvalue weighted by Crippen LogP contribution is -2.41. The molecular weight excluding hydrogens is 250 g/mol. The van der Waals surface area contributed by atoms with Gasteiger partial charge in [0.2, 0.25) is 0 Å². The van der Waals surface area contributed by atoms with Crippen LogP contribution >= 0.6 is 0 Å². The summed E-state index contributed by atoms with van der Waals surface area (Å²) in [7, 11) is 0. The number of phenols is 1. The van der Waals surface area contributed by atoms with Crippen molar-refractivity contribution in [3.05, 3.63) is 30.5 Å². The second-order valence-corrected chi connectivity index (χ2v) is 5.46. The summed E-state index contributed by atoms with van der Waals surface area (Å²) >= 11 is 0. The lowest BCUT2D eigenvalue weighted by molar-refractivity contribution is 0.439. The van der Waals surface area contributed by atoms with Crippen molar-refractivity contribution in [3.63, 3.8) is 0 Å². The van der Waals surface area contributed by atoms with E-state index in [4.69, 9.17) is 5.73 Å². The first-order valence-corrected chi connectivity index (χ1v) is 7.34. The van der Waals surface area contributed by atoms with Gasteiger partial charge in [-0.1, -0.05) is 6.07 Å². The molecule has 1 fully saturated rings. The van der Waals surface area contributed by atoms with Gasteiger partial charge in [0, 0.05) is 24.2 Å². The van der Waals surface area contributed by atoms with Gasteiger partial charge in [-0.15, -0.1) is 0 Å². The van der Waals surface area contributed by atoms with Crippen LogP contribution in [-0.2, 0) is 0 Å². The third-order valence-electron chi connectivity index (χ3n) is 4.13. The van der Waals surface area contributed by atoms with Crippen molar-refractivity contribution in [1.29, 1.82) is 0 Å². The van der Waals surface area contributed by atoms with E-state index in [0.717, 1.165) is 29.6 Å². The number of rotatable bonds is 3. The average Bonchev–Trinajstić information content (AvgIpc) is 2.48. The minimum absolute atomic E-state index is 0.291. The second-order valence-electron chi connectivity index (χ2n) is 5.46. The molecule has 1 aromatic carbocycles. The molecule has 0 saturated carbocycles. The lowest BCUT2D eigenvalue weighted by Gasteiger charge is -2.37. The number of pyridine rings is 1. The zero-order valence-corrected chi connectivity index (χ0v) is 11.6. The molecule has 1 saturated heterocycles. The number of aromatic hydroxyl groups is 1. The Morgan fingerprint density at radius 3 is 3.05 bits per heavy atom. The van der Waals surface area contributed by atoms with Crippen molar-refractivity contribution in [1.82, 2.24) is 4.98 Å². The van der Waals surface area contributed by atoms with E-state index in [2.05, 4.69) is 9.88 Å². The predicted molar refractivity (Wildman–Crippen MR) is 82.1 cm³/mol. The highest BCUT2D eigenvalue weighted by atomic mass is 16.3. The molecule has 4 heteroatoms. The molecule has 3 rings (SSSR count). The van der Waals surface area contributed by atoms with Gasteiger partial charge in [0.25, 0.3) is 0 Å². The molecule has 3 N–H and O–H groups in total. The van der Waals surface area contributed by atoms with E-state index in [1.165, 1.54) is 19.3 Å². The summed E-state index contributed by atoms with van der Waals surface area (Å²) in [5, 5.41) is 11.9. The number of hydrogen-bond donors (Lipinski definition) is 2. The van der Waals surface area contributed by atoms with Crippen LogP contribution in [0.2, 0.25) is 0 Å². The molecule has 0 radical (unpaired) electrons. The molecule has 20 heavy (non-hydrogen) atoms. The van der Waals surface area contributed by atoms with Crippen molar-refractivity contribution >= 4 is 16.6 Å². The summed E-state index contributed by atoms with van der Waals surface area (Å²) in [5.41, 5.74) is 5.75. The number of fused-ring (bicyclic) bond motifs is 1. The van der Waals surface area contributed by atoms with Crippen LogP contribution in [0.1, 0.15) is 25.7 Å². The van der Waals surface area contributed by atoms with Crippen molar-refractivity contribution < 1.29 is 5.11 Å². The van der Waals surface area contributed by atoms with E-state index in [-0.39, 0.29) is 0 Å². The highest BCUT2D eigenvalue weighted by molar-refractivity contribution is 5.93. The van der Waals surface area contributed by atoms with E-state index in [1.807, 2.05) is 24.4 Å². The van der Waals surface area contributed by atoms with Crippen molar-refractivity contribution in [2.45, 2.75) is 31.7 Å². The fraction of sp³-hybridized carbons (Fsp3) is 0.438. The van der Waals surface area contributed by atoms with Crippen LogP contribution in [0.25, 0.3) is 10.8 Å². The normalized spacial score (nSPS) is 19.4. The van der Waals surface area contributed by atoms with Gasteiger partial charge in [0.15, 0.2) is 0 Å². The van der Waals surface area contributed by atoms with Crippen LogP contribution in [0.15, 0.2) is 30.5 Å². The monoisotopic (exact) mass is 271 g/mol. The summed E-state index contributed by atoms with van der Waals surface area (Å²) in [4.78, 5) is 6.95. The lowest BCUT2D eigenvalue weighted by atomic mass is 9.98. The summed E-state index contributed by atoms with van der Waals surface area (Å²) in [6.45, 7) is 1.73. The molecule has 1 aliphatic heterocycles. The minimum Gasteiger partial charge on any atom is -0.508 e. The molecule has 1 atom stereocenters. The predicted octanol–water partition coefficient (Wildman–Crippen LogP) is 2.65. The molecule has 1 aromatic heterocycles. The van der Waals surface area contributed by atoms with Crippen LogP contribution in [0, 0.1) is 0 Å². The maximum absolute atomic E-state index is 9.76. The smallest absolute Gasteiger partial charge is 0.136 e. The third-order valence-corrected chi connectivity index (χ3v) is 4.13. The molecule has 1 unspecified atom stereocenters. The number of benzene rings is 1. The van der Waals surface area contributed by atoms with Gasteiger partial charge in [0.1, 0.15) is 11.6 Å². The quantitative estimate of drug-likeness (QED) is 0.901. The van der Waals surface area contributed by atoms with Crippen LogP contribution in [-0.4, -0.2) is 29.2 Å². The summed E-state index contributed by atoms with van der Waals surface area (Å²) < 4.78 is 0. The Morgan fingerprint density at radius 2 is 2.20 bits per heavy atom. The molecule has 2 aromatic rings. The SMILES string of the molecule is NCCC1CCCCN1c1nccc2ccc(O)cc12. The first-order chi connectivity index (χ1) is 9.79. The fourth-order valence-corrected chi connectivity index (χ4v) is 3.14. The topological polar surface area (TPSA) is 62.4 Å². The van der Waals surface area contributed by atoms with Crippen molar-refractivity contribution in [2.24, 2.45) is 5.73 Å². The standard InChI is InChI=1S/C16H21N3O/c17-8-6-13-3-1-2-10-19(13)16-15-11-14(20)5-4-12(15)7-9-18-16/h4-5,7,9,11,13,20H,1-3,6,8,10,17H2. The molecule has 2 heterocycles. The second kappa shape index (κ2) is 5.67. The van der Waals surface area contributed by atoms with Gasteiger partial charge >= 0.3 is 0 Å². The Hall–Kier alpha value is -1.81. The van der Waals surface area contributed by atoms with Crippen LogP contribution in [0.5, 0.6) is 5.75 Å². The summed E-state index contributed by atoms with van der Waals surface area (Å²) in [6.07, 6.45) is 6.48. The van der Waals surface area contributed by atoms with E-state index in [0.29, 0.717) is 18.3 Å². The Kier molecular flexibility index (Phi) is 3.74. The zero-order chi connectivity index (χ0) is 13.9. The molecule has 0 spiro atoms. The maximum Gasteiger partial charge on any atom is 0.136 e. The van der Waals surface area contributed by atoms with Gasteiger partial charge in [0.05, 0.1) is 0 Å². The number of aromatic nitrogens is 1. The number of nitrogens with two attached hydrogens (primary N) is 1. The summed E-state index contributed by atoms with van der Waals surface area (Å²) in [6, 6.07) is 7.93. The summed E-state index contributed by atoms with van der Waals surface area (Å²) in [5.74, 6) is 1.27. The van der Waals surface area contributed by atoms with E-state index in [9.17, 15) is 5.11 Å². The largest absolute Gasteiger partial charge is 0.508 e. The van der Waals surface area contributed by atoms with E-state index in [1.54, 1.807) is 6.07 Å². The van der Waals surface area contributed by atoms with Gasteiger partial charge in [-0.25, -0.2) is 4.98 Å². The number of nitrogens with zero attached hydrogens (tertiary/aromatic N) is 2. The highest BCUT2D eigenvalue weighted by Gasteiger charge is 2.24. The molecule has 106 valence electrons. The van der Waals surface area contributed by atoms with Crippen molar-refractivity contribution in [3.8, 4) is 5.75 Å². The first kappa shape index (κ1) is 13.2. The molecule has 1 aliphatic rings. The third kappa shape index (κ3) is 2.43. The average molecular weight is 271 g/mol. The van der Waals surface area contributed by atoms with Gasteiger partial charge in [-0.2, -0.15) is 0 Å². The Balaban J connectivity index is 2.05. The number of piperidine rings is 1. The van der Waals surface area contributed by atoms with Gasteiger partial charge in [-0.3, -0.25) is 0 Å². The highest BCUT2D eigenvalue weighted by Crippen LogP contribution is 2.32. The van der Waals surface area contributed by atoms with Crippen LogP contribution in [0.4, 0.5) is 5.82 Å². The van der Waals surface area contributed by atoms with E-state index >= 15 is 0 Å². The molecule has 0 aliphatic carbocycles. The number of anilines is 1. The number of hydrogen-bond acceptors (Lipinski definition) is 4. The van der Waals surface area contributed by atoms with Gasteiger partial charge in [-0.05, 0) is 55.8 Å². The minimum atomic E-state index is 0.291. The maximum atomic E-state index is 9.76. The zero-order valence-electron chi connectivity index (χ0n) is 11.6. The van der Waals surface area contributed by atoms with E-state index < -0.39 is 0 Å². The number of phenolic OH excluding ortho intramolecular Hbond substituents is 1. The van der Waals surface area contributed by atoms with Crippen LogP contribution in [0.3, 0.4) is 0 Å². The first-order valence-electron chi connectivity index (χ1n) is 7.34. The Labute approximate surface area is 119 Å². The van der Waals surface area contributed by atoms with Crippen LogP contribution < -0.4 is 10.6 Å². The molecule has 4 nitrogen and oxygen atoms in total.